The summed E-state index contributed by atoms with van der Waals surface area (Å²) in [5, 5.41) is 8.99. The van der Waals surface area contributed by atoms with Crippen LogP contribution in [0.5, 0.6) is 5.75 Å². The topological polar surface area (TPSA) is 63.8 Å². The first-order chi connectivity index (χ1) is 7.15. The number of imidazole rings is 1. The molecule has 0 spiro atoms. The molecule has 15 heavy (non-hydrogen) atoms. The number of nitrogens with zero attached hydrogens (tertiary/aromatic N) is 2. The number of hydrogen-bond acceptors (Lipinski definition) is 3. The van der Waals surface area contributed by atoms with Gasteiger partial charge in [-0.2, -0.15) is 0 Å². The fraction of sp³-hybridized carbons (Fsp3) is 0.111. The predicted octanol–water partition coefficient (Wildman–Crippen LogP) is 1.69. The van der Waals surface area contributed by atoms with Gasteiger partial charge < -0.3 is 9.84 Å². The summed E-state index contributed by atoms with van der Waals surface area (Å²) in [6.45, 7) is 0. The van der Waals surface area contributed by atoms with Crippen molar-refractivity contribution in [3.63, 3.8) is 0 Å². The second-order valence-corrected chi connectivity index (χ2v) is 3.18. The molecule has 5 nitrogen and oxygen atoms in total. The Labute approximate surface area is 89.9 Å². The smallest absolute Gasteiger partial charge is 0.372 e. The summed E-state index contributed by atoms with van der Waals surface area (Å²) < 4.78 is 6.44. The largest absolute Gasteiger partial charge is 0.494 e. The molecule has 2 aromatic rings. The Kier molecular flexibility index (Phi) is 2.24. The maximum atomic E-state index is 10.8. The van der Waals surface area contributed by atoms with E-state index in [1.54, 1.807) is 18.3 Å². The number of carbonyl (C=O) groups is 1. The molecule has 0 radical (unpaired) electrons. The first kappa shape index (κ1) is 9.79. The molecule has 0 aliphatic carbocycles. The highest BCUT2D eigenvalue weighted by atomic mass is 35.5. The van der Waals surface area contributed by atoms with Gasteiger partial charge in [0.1, 0.15) is 11.3 Å². The lowest BCUT2D eigenvalue weighted by Gasteiger charge is -2.02. The molecular formula is C9H7ClN2O3. The van der Waals surface area contributed by atoms with Gasteiger partial charge in [0.25, 0.3) is 0 Å². The Balaban J connectivity index is 2.85. The van der Waals surface area contributed by atoms with Gasteiger partial charge >= 0.3 is 5.97 Å². The number of hydrogen-bond donors (Lipinski definition) is 1. The highest BCUT2D eigenvalue weighted by Crippen LogP contribution is 2.27. The van der Waals surface area contributed by atoms with E-state index in [9.17, 15) is 4.79 Å². The van der Waals surface area contributed by atoms with Crippen LogP contribution in [0.25, 0.3) is 5.52 Å². The molecule has 0 aromatic carbocycles. The van der Waals surface area contributed by atoms with Crippen LogP contribution >= 0.6 is 11.6 Å². The predicted molar refractivity (Wildman–Crippen MR) is 53.7 cm³/mol. The Bertz CT molecular complexity index is 535. The zero-order valence-electron chi connectivity index (χ0n) is 7.77. The van der Waals surface area contributed by atoms with Gasteiger partial charge in [-0.25, -0.2) is 9.78 Å². The van der Waals surface area contributed by atoms with Crippen LogP contribution in [0.3, 0.4) is 0 Å². The molecule has 2 rings (SSSR count). The average molecular weight is 227 g/mol. The number of carboxylic acid groups (broad SMARTS) is 1. The normalized spacial score (nSPS) is 10.5. The Morgan fingerprint density at radius 2 is 2.40 bits per heavy atom. The molecule has 2 aromatic heterocycles. The minimum Gasteiger partial charge on any atom is -0.494 e. The van der Waals surface area contributed by atoms with Gasteiger partial charge in [0, 0.05) is 6.20 Å². The van der Waals surface area contributed by atoms with Crippen LogP contribution in [-0.2, 0) is 0 Å². The van der Waals surface area contributed by atoms with Crippen molar-refractivity contribution < 1.29 is 14.6 Å². The van der Waals surface area contributed by atoms with Gasteiger partial charge in [-0.15, -0.1) is 0 Å². The average Bonchev–Trinajstić information content (AvgIpc) is 2.56. The van der Waals surface area contributed by atoms with Gasteiger partial charge in [0.05, 0.1) is 7.11 Å². The second-order valence-electron chi connectivity index (χ2n) is 2.83. The minimum absolute atomic E-state index is 0.116. The summed E-state index contributed by atoms with van der Waals surface area (Å²) in [7, 11) is 1.49. The lowest BCUT2D eigenvalue weighted by molar-refractivity contribution is 0.0683. The van der Waals surface area contributed by atoms with E-state index in [1.807, 2.05) is 0 Å². The van der Waals surface area contributed by atoms with E-state index in [-0.39, 0.29) is 11.0 Å². The summed E-state index contributed by atoms with van der Waals surface area (Å²) >= 11 is 5.83. The molecule has 78 valence electrons. The van der Waals surface area contributed by atoms with E-state index in [2.05, 4.69) is 4.98 Å². The van der Waals surface area contributed by atoms with Crippen LogP contribution in [0.4, 0.5) is 0 Å². The van der Waals surface area contributed by atoms with E-state index >= 15 is 0 Å². The van der Waals surface area contributed by atoms with Crippen LogP contribution in [0.2, 0.25) is 5.15 Å². The molecule has 0 saturated carbocycles. The number of carboxylic acids is 1. The van der Waals surface area contributed by atoms with Crippen LogP contribution in [0.1, 0.15) is 10.6 Å². The first-order valence-corrected chi connectivity index (χ1v) is 4.47. The van der Waals surface area contributed by atoms with Crippen LogP contribution in [0.15, 0.2) is 18.3 Å². The molecule has 6 heteroatoms. The number of aromatic carboxylic acids is 1. The van der Waals surface area contributed by atoms with Crippen molar-refractivity contribution in [2.45, 2.75) is 0 Å². The monoisotopic (exact) mass is 226 g/mol. The summed E-state index contributed by atoms with van der Waals surface area (Å²) in [4.78, 5) is 14.6. The molecule has 0 fully saturated rings. The third-order valence-corrected chi connectivity index (χ3v) is 2.26. The molecule has 0 aliphatic rings. The third-order valence-electron chi connectivity index (χ3n) is 2.00. The fourth-order valence-corrected chi connectivity index (χ4v) is 1.65. The molecule has 2 heterocycles. The number of ether oxygens (including phenoxy) is 1. The van der Waals surface area contributed by atoms with E-state index in [4.69, 9.17) is 21.4 Å². The van der Waals surface area contributed by atoms with Crippen molar-refractivity contribution in [1.29, 1.82) is 0 Å². The number of pyridine rings is 1. The number of aromatic nitrogens is 2. The second kappa shape index (κ2) is 3.43. The fourth-order valence-electron chi connectivity index (χ4n) is 1.38. The summed E-state index contributed by atoms with van der Waals surface area (Å²) in [6.07, 6.45) is 1.57. The van der Waals surface area contributed by atoms with E-state index in [0.717, 1.165) is 0 Å². The number of halogens is 1. The standard InChI is InChI=1S/C9H7ClN2O3/c1-15-5-3-2-4-12-6(5)7(10)11-8(12)9(13)14/h2-4H,1H3,(H,13,14). The van der Waals surface area contributed by atoms with Crippen molar-refractivity contribution in [1.82, 2.24) is 9.38 Å². The van der Waals surface area contributed by atoms with Crippen LogP contribution in [-0.4, -0.2) is 27.6 Å². The van der Waals surface area contributed by atoms with Crippen molar-refractivity contribution in [3.05, 3.63) is 29.3 Å². The van der Waals surface area contributed by atoms with Gasteiger partial charge in [-0.05, 0) is 12.1 Å². The third kappa shape index (κ3) is 1.41. The van der Waals surface area contributed by atoms with Gasteiger partial charge in [0.2, 0.25) is 5.82 Å². The molecule has 0 unspecified atom stereocenters. The van der Waals surface area contributed by atoms with Gasteiger partial charge in [0.15, 0.2) is 5.15 Å². The van der Waals surface area contributed by atoms with Crippen LogP contribution in [0, 0.1) is 0 Å². The molecule has 0 aliphatic heterocycles. The quantitative estimate of drug-likeness (QED) is 0.847. The summed E-state index contributed by atoms with van der Waals surface area (Å²) in [5.74, 6) is -0.776. The van der Waals surface area contributed by atoms with Gasteiger partial charge in [-0.1, -0.05) is 11.6 Å². The van der Waals surface area contributed by atoms with Crippen molar-refractivity contribution in [2.75, 3.05) is 7.11 Å². The Morgan fingerprint density at radius 1 is 1.67 bits per heavy atom. The van der Waals surface area contributed by atoms with Crippen molar-refractivity contribution in [2.24, 2.45) is 0 Å². The summed E-state index contributed by atoms with van der Waals surface area (Å²) in [6, 6.07) is 3.35. The molecule has 0 atom stereocenters. The number of fused-ring (bicyclic) bond motifs is 1. The zero-order chi connectivity index (χ0) is 11.0. The molecular weight excluding hydrogens is 220 g/mol. The van der Waals surface area contributed by atoms with E-state index in [1.165, 1.54) is 11.5 Å². The molecule has 0 bridgehead atoms. The zero-order valence-corrected chi connectivity index (χ0v) is 8.52. The highest BCUT2D eigenvalue weighted by Gasteiger charge is 2.17. The van der Waals surface area contributed by atoms with Crippen molar-refractivity contribution >= 4 is 23.1 Å². The van der Waals surface area contributed by atoms with E-state index < -0.39 is 5.97 Å². The number of methoxy groups -OCH3 is 1. The lowest BCUT2D eigenvalue weighted by atomic mass is 10.4. The molecule has 0 saturated heterocycles. The lowest BCUT2D eigenvalue weighted by Crippen LogP contribution is -2.03. The maximum absolute atomic E-state index is 10.8. The molecule has 0 amide bonds. The number of rotatable bonds is 2. The Hall–Kier alpha value is -1.75. The first-order valence-electron chi connectivity index (χ1n) is 4.09. The Morgan fingerprint density at radius 3 is 3.00 bits per heavy atom. The van der Waals surface area contributed by atoms with Crippen LogP contribution < -0.4 is 4.74 Å². The van der Waals surface area contributed by atoms with Crippen molar-refractivity contribution in [3.8, 4) is 5.75 Å². The molecule has 1 N–H and O–H groups in total. The highest BCUT2D eigenvalue weighted by molar-refractivity contribution is 6.33. The minimum atomic E-state index is -1.13. The van der Waals surface area contributed by atoms with Gasteiger partial charge in [-0.3, -0.25) is 4.40 Å². The SMILES string of the molecule is COc1cccn2c(C(=O)O)nc(Cl)c12. The maximum Gasteiger partial charge on any atom is 0.372 e. The van der Waals surface area contributed by atoms with E-state index in [0.29, 0.717) is 11.3 Å². The summed E-state index contributed by atoms with van der Waals surface area (Å²) in [5.41, 5.74) is 0.457.